The van der Waals surface area contributed by atoms with Gasteiger partial charge in [-0.2, -0.15) is 20.6 Å². The number of fused-ring (bicyclic) bond motifs is 1. The van der Waals surface area contributed by atoms with Crippen LogP contribution in [0.25, 0.3) is 22.6 Å². The maximum atomic E-state index is 13.7. The molecule has 1 N–H and O–H groups in total. The van der Waals surface area contributed by atoms with Gasteiger partial charge in [-0.05, 0) is 38.1 Å². The number of ether oxygens (including phenoxy) is 1. The molecule has 0 spiro atoms. The Morgan fingerprint density at radius 2 is 1.94 bits per heavy atom. The third-order valence-corrected chi connectivity index (χ3v) is 5.39. The number of hydrogen-bond acceptors (Lipinski definition) is 8. The lowest BCUT2D eigenvalue weighted by Gasteiger charge is -2.14. The Labute approximate surface area is 203 Å². The summed E-state index contributed by atoms with van der Waals surface area (Å²) < 4.78 is 35.6. The fourth-order valence-electron chi connectivity index (χ4n) is 3.67. The molecular weight excluding hydrogens is 470 g/mol. The molecule has 0 aliphatic carbocycles. The number of rotatable bonds is 6. The molecular formula is C24H18F2N8O2. The Morgan fingerprint density at radius 3 is 2.64 bits per heavy atom. The monoisotopic (exact) mass is 488 g/mol. The van der Waals surface area contributed by atoms with Crippen LogP contribution in [-0.2, 0) is 0 Å². The standard InChI is InChI=1S/C24H18F2N8O2/c1-13-3-8-22(31-30-13)36-16-4-7-20-18(11-28-33(20)12-16)19-6-5-17(14(2)35)24(29-19)34-21(23(25)26)9-15(10-27)32-34/h3-9,11-12,14,23,35H,1-2H3. The van der Waals surface area contributed by atoms with Crippen LogP contribution in [0.3, 0.4) is 0 Å². The second-order valence-corrected chi connectivity index (χ2v) is 7.93. The summed E-state index contributed by atoms with van der Waals surface area (Å²) in [6.45, 7) is 3.32. The van der Waals surface area contributed by atoms with Crippen molar-refractivity contribution >= 4 is 5.52 Å². The molecule has 0 aromatic carbocycles. The Kier molecular flexibility index (Phi) is 5.83. The molecule has 1 atom stereocenters. The van der Waals surface area contributed by atoms with Crippen molar-refractivity contribution in [2.24, 2.45) is 0 Å². The van der Waals surface area contributed by atoms with Crippen molar-refractivity contribution in [3.63, 3.8) is 0 Å². The van der Waals surface area contributed by atoms with E-state index in [1.807, 2.05) is 6.92 Å². The van der Waals surface area contributed by atoms with Crippen LogP contribution in [0.4, 0.5) is 8.78 Å². The molecule has 0 saturated heterocycles. The van der Waals surface area contributed by atoms with Crippen LogP contribution in [0.2, 0.25) is 0 Å². The predicted octanol–water partition coefficient (Wildman–Crippen LogP) is 4.34. The highest BCUT2D eigenvalue weighted by atomic mass is 19.3. The van der Waals surface area contributed by atoms with Gasteiger partial charge in [0.25, 0.3) is 6.43 Å². The molecule has 0 radical (unpaired) electrons. The average Bonchev–Trinajstić information content (AvgIpc) is 3.49. The van der Waals surface area contributed by atoms with Crippen LogP contribution in [0.5, 0.6) is 11.6 Å². The lowest BCUT2D eigenvalue weighted by atomic mass is 10.1. The zero-order valence-electron chi connectivity index (χ0n) is 19.0. The fourth-order valence-corrected chi connectivity index (χ4v) is 3.67. The lowest BCUT2D eigenvalue weighted by Crippen LogP contribution is -2.11. The Morgan fingerprint density at radius 1 is 1.11 bits per heavy atom. The molecule has 36 heavy (non-hydrogen) atoms. The van der Waals surface area contributed by atoms with Crippen molar-refractivity contribution in [2.75, 3.05) is 0 Å². The van der Waals surface area contributed by atoms with E-state index in [2.05, 4.69) is 25.4 Å². The van der Waals surface area contributed by atoms with E-state index in [0.717, 1.165) is 16.4 Å². The van der Waals surface area contributed by atoms with Crippen LogP contribution in [-0.4, -0.2) is 39.7 Å². The second-order valence-electron chi connectivity index (χ2n) is 7.93. The van der Waals surface area contributed by atoms with E-state index >= 15 is 0 Å². The molecule has 5 aromatic rings. The van der Waals surface area contributed by atoms with Gasteiger partial charge in [0.1, 0.15) is 17.5 Å². The molecule has 0 aliphatic heterocycles. The van der Waals surface area contributed by atoms with Gasteiger partial charge in [0.2, 0.25) is 5.88 Å². The van der Waals surface area contributed by atoms with Gasteiger partial charge in [0.05, 0.1) is 35.4 Å². The highest BCUT2D eigenvalue weighted by molar-refractivity contribution is 5.78. The number of aliphatic hydroxyl groups excluding tert-OH is 1. The zero-order chi connectivity index (χ0) is 25.4. The van der Waals surface area contributed by atoms with Gasteiger partial charge in [0, 0.05) is 23.3 Å². The smallest absolute Gasteiger partial charge is 0.280 e. The molecule has 5 rings (SSSR count). The van der Waals surface area contributed by atoms with Gasteiger partial charge in [-0.25, -0.2) is 23.0 Å². The number of pyridine rings is 2. The molecule has 0 bridgehead atoms. The van der Waals surface area contributed by atoms with E-state index in [4.69, 9.17) is 10.00 Å². The number of aliphatic hydroxyl groups is 1. The van der Waals surface area contributed by atoms with E-state index in [1.165, 1.54) is 6.92 Å². The van der Waals surface area contributed by atoms with E-state index in [0.29, 0.717) is 28.4 Å². The fraction of sp³-hybridized carbons (Fsp3) is 0.167. The first-order valence-corrected chi connectivity index (χ1v) is 10.8. The van der Waals surface area contributed by atoms with Gasteiger partial charge >= 0.3 is 0 Å². The summed E-state index contributed by atoms with van der Waals surface area (Å²) in [4.78, 5) is 4.54. The summed E-state index contributed by atoms with van der Waals surface area (Å²) in [5.41, 5.74) is 2.06. The summed E-state index contributed by atoms with van der Waals surface area (Å²) in [5, 5.41) is 35.7. The number of nitriles is 1. The topological polar surface area (TPSA) is 127 Å². The molecule has 1 unspecified atom stereocenters. The molecule has 5 heterocycles. The van der Waals surface area contributed by atoms with Gasteiger partial charge < -0.3 is 9.84 Å². The summed E-state index contributed by atoms with van der Waals surface area (Å²) >= 11 is 0. The Bertz CT molecular complexity index is 1600. The van der Waals surface area contributed by atoms with Gasteiger partial charge in [-0.3, -0.25) is 0 Å². The number of halogens is 2. The van der Waals surface area contributed by atoms with E-state index in [-0.39, 0.29) is 17.1 Å². The third-order valence-electron chi connectivity index (χ3n) is 5.39. The molecule has 5 aromatic heterocycles. The number of nitrogens with zero attached hydrogens (tertiary/aromatic N) is 8. The SMILES string of the molecule is Cc1ccc(Oc2ccc3c(-c4ccc(C(C)O)c(-n5nc(C#N)cc5C(F)F)n4)cnn3c2)nn1. The highest BCUT2D eigenvalue weighted by Gasteiger charge is 2.23. The molecule has 12 heteroatoms. The largest absolute Gasteiger partial charge is 0.436 e. The van der Waals surface area contributed by atoms with Crippen LogP contribution >= 0.6 is 0 Å². The van der Waals surface area contributed by atoms with E-state index in [9.17, 15) is 13.9 Å². The zero-order valence-corrected chi connectivity index (χ0v) is 19.0. The van der Waals surface area contributed by atoms with Crippen molar-refractivity contribution in [3.8, 4) is 34.8 Å². The maximum Gasteiger partial charge on any atom is 0.280 e. The molecule has 0 fully saturated rings. The summed E-state index contributed by atoms with van der Waals surface area (Å²) in [7, 11) is 0. The predicted molar refractivity (Wildman–Crippen MR) is 123 cm³/mol. The minimum absolute atomic E-state index is 0.00320. The number of aryl methyl sites for hydroxylation is 1. The normalized spacial score (nSPS) is 12.1. The number of alkyl halides is 2. The lowest BCUT2D eigenvalue weighted by molar-refractivity contribution is 0.142. The van der Waals surface area contributed by atoms with Gasteiger partial charge in [-0.1, -0.05) is 6.07 Å². The molecule has 10 nitrogen and oxygen atoms in total. The minimum Gasteiger partial charge on any atom is -0.436 e. The first-order valence-electron chi connectivity index (χ1n) is 10.8. The van der Waals surface area contributed by atoms with Crippen LogP contribution in [0.15, 0.2) is 54.9 Å². The molecule has 0 aliphatic rings. The minimum atomic E-state index is -2.90. The Balaban J connectivity index is 1.57. The van der Waals surface area contributed by atoms with Gasteiger partial charge in [0.15, 0.2) is 11.5 Å². The van der Waals surface area contributed by atoms with E-state index in [1.54, 1.807) is 59.4 Å². The third kappa shape index (κ3) is 4.23. The first kappa shape index (κ1) is 23.0. The summed E-state index contributed by atoms with van der Waals surface area (Å²) in [6.07, 6.45) is -0.681. The van der Waals surface area contributed by atoms with Crippen LogP contribution in [0, 0.1) is 18.3 Å². The van der Waals surface area contributed by atoms with Crippen molar-refractivity contribution < 1.29 is 18.6 Å². The molecule has 0 saturated carbocycles. The number of hydrogen-bond donors (Lipinski definition) is 1. The Hall–Kier alpha value is -4.76. The van der Waals surface area contributed by atoms with Crippen LogP contribution in [0.1, 0.15) is 42.1 Å². The average molecular weight is 488 g/mol. The highest BCUT2D eigenvalue weighted by Crippen LogP contribution is 2.31. The van der Waals surface area contributed by atoms with Crippen molar-refractivity contribution in [1.29, 1.82) is 5.26 Å². The maximum absolute atomic E-state index is 13.7. The van der Waals surface area contributed by atoms with Crippen molar-refractivity contribution in [1.82, 2.24) is 34.6 Å². The molecule has 180 valence electrons. The summed E-state index contributed by atoms with van der Waals surface area (Å²) in [6, 6.07) is 13.0. The first-order chi connectivity index (χ1) is 17.3. The van der Waals surface area contributed by atoms with E-state index < -0.39 is 18.2 Å². The van der Waals surface area contributed by atoms with Gasteiger partial charge in [-0.15, -0.1) is 5.10 Å². The quantitative estimate of drug-likeness (QED) is 0.374. The van der Waals surface area contributed by atoms with Crippen molar-refractivity contribution in [2.45, 2.75) is 26.4 Å². The molecule has 0 amide bonds. The van der Waals surface area contributed by atoms with Crippen LogP contribution < -0.4 is 4.74 Å². The summed E-state index contributed by atoms with van der Waals surface area (Å²) in [5.74, 6) is 0.810. The van der Waals surface area contributed by atoms with Crippen molar-refractivity contribution in [3.05, 3.63) is 77.5 Å². The second kappa shape index (κ2) is 9.12. The number of aromatic nitrogens is 7.